The van der Waals surface area contributed by atoms with E-state index in [4.69, 9.17) is 0 Å². The van der Waals surface area contributed by atoms with Crippen molar-refractivity contribution in [3.63, 3.8) is 0 Å². The molecule has 0 saturated heterocycles. The molecule has 0 aliphatic heterocycles. The average molecular weight is 473 g/mol. The van der Waals surface area contributed by atoms with Gasteiger partial charge in [-0.1, -0.05) is 52.3 Å². The van der Waals surface area contributed by atoms with Crippen LogP contribution in [0.1, 0.15) is 27.0 Å². The second-order valence-electron chi connectivity index (χ2n) is 6.14. The van der Waals surface area contributed by atoms with E-state index >= 15 is 0 Å². The van der Waals surface area contributed by atoms with E-state index in [9.17, 15) is 31.1 Å². The van der Waals surface area contributed by atoms with Gasteiger partial charge in [-0.15, -0.1) is 0 Å². The second kappa shape index (κ2) is 7.67. The summed E-state index contributed by atoms with van der Waals surface area (Å²) in [6.07, 6.45) is -8.22. The third kappa shape index (κ3) is 4.53. The van der Waals surface area contributed by atoms with Crippen LogP contribution in [0.15, 0.2) is 65.1 Å². The molecule has 0 N–H and O–H groups in total. The van der Waals surface area contributed by atoms with Gasteiger partial charge in [-0.25, -0.2) is 0 Å². The first-order valence-corrected chi connectivity index (χ1v) is 8.96. The molecule has 0 bridgehead atoms. The maximum Gasteiger partial charge on any atom is 0.417 e. The molecule has 3 aromatic carbocycles. The van der Waals surface area contributed by atoms with Crippen molar-refractivity contribution < 1.29 is 31.1 Å². The smallest absolute Gasteiger partial charge is 0.289 e. The highest BCUT2D eigenvalue weighted by Gasteiger charge is 2.42. The zero-order valence-electron chi connectivity index (χ0n) is 14.4. The first-order chi connectivity index (χ1) is 13.5. The third-order valence-electron chi connectivity index (χ3n) is 4.22. The normalized spacial score (nSPS) is 12.7. The number of hydrogen-bond donors (Lipinski definition) is 0. The molecule has 3 rings (SSSR count). The molecule has 0 aliphatic carbocycles. The Balaban J connectivity index is 1.99. The lowest BCUT2D eigenvalue weighted by molar-refractivity contribution is -0.162. The molecule has 8 heteroatoms. The molecule has 0 aliphatic rings. The molecule has 0 amide bonds. The Morgan fingerprint density at radius 3 is 2.03 bits per heavy atom. The predicted octanol–water partition coefficient (Wildman–Crippen LogP) is 7.54. The summed E-state index contributed by atoms with van der Waals surface area (Å²) in [5, 5.41) is 1.42. The summed E-state index contributed by atoms with van der Waals surface area (Å²) in [7, 11) is 0. The van der Waals surface area contributed by atoms with Gasteiger partial charge >= 0.3 is 12.4 Å². The van der Waals surface area contributed by atoms with E-state index in [0.717, 1.165) is 28.1 Å². The zero-order chi connectivity index (χ0) is 21.4. The highest BCUT2D eigenvalue weighted by Crippen LogP contribution is 2.40. The van der Waals surface area contributed by atoms with Crippen LogP contribution in [0.25, 0.3) is 16.8 Å². The van der Waals surface area contributed by atoms with Crippen molar-refractivity contribution in [3.8, 4) is 0 Å². The summed E-state index contributed by atoms with van der Waals surface area (Å²) in [6.45, 7) is 0. The van der Waals surface area contributed by atoms with Crippen molar-refractivity contribution >= 4 is 38.6 Å². The van der Waals surface area contributed by atoms with Gasteiger partial charge in [-0.05, 0) is 46.7 Å². The van der Waals surface area contributed by atoms with Crippen molar-refractivity contribution in [2.45, 2.75) is 12.4 Å². The number of alkyl halides is 6. The molecule has 3 aromatic rings. The van der Waals surface area contributed by atoms with Crippen LogP contribution in [0.4, 0.5) is 26.3 Å². The molecule has 0 spiro atoms. The minimum Gasteiger partial charge on any atom is -0.289 e. The highest BCUT2D eigenvalue weighted by atomic mass is 79.9. The standard InChI is InChI=1S/C21H11BrF6O/c22-18-9-7-15(13-3-1-2-4-14(13)18)19(29)10-6-12-5-8-16(20(23,24)25)17(11-12)21(26,27)28/h1-11H/b10-6-. The van der Waals surface area contributed by atoms with E-state index in [1.807, 2.05) is 0 Å². The van der Waals surface area contributed by atoms with E-state index in [-0.39, 0.29) is 5.56 Å². The van der Waals surface area contributed by atoms with Gasteiger partial charge in [0, 0.05) is 10.0 Å². The fraction of sp³-hybridized carbons (Fsp3) is 0.0952. The molecule has 0 radical (unpaired) electrons. The Morgan fingerprint density at radius 2 is 1.41 bits per heavy atom. The summed E-state index contributed by atoms with van der Waals surface area (Å²) in [4.78, 5) is 12.5. The Morgan fingerprint density at radius 1 is 0.793 bits per heavy atom. The lowest BCUT2D eigenvalue weighted by Crippen LogP contribution is -2.16. The summed E-state index contributed by atoms with van der Waals surface area (Å²) >= 11 is 3.38. The Labute approximate surface area is 169 Å². The summed E-state index contributed by atoms with van der Waals surface area (Å²) in [5.41, 5.74) is -3.41. The quantitative estimate of drug-likeness (QED) is 0.218. The molecule has 0 unspecified atom stereocenters. The minimum atomic E-state index is -5.18. The molecule has 150 valence electrons. The maximum atomic E-state index is 13.0. The van der Waals surface area contributed by atoms with Gasteiger partial charge < -0.3 is 0 Å². The van der Waals surface area contributed by atoms with E-state index in [2.05, 4.69) is 15.9 Å². The highest BCUT2D eigenvalue weighted by molar-refractivity contribution is 9.10. The molecule has 1 nitrogen and oxygen atoms in total. The van der Waals surface area contributed by atoms with Crippen molar-refractivity contribution in [2.75, 3.05) is 0 Å². The van der Waals surface area contributed by atoms with Crippen LogP contribution in [-0.4, -0.2) is 5.78 Å². The summed E-state index contributed by atoms with van der Waals surface area (Å²) < 4.78 is 78.4. The number of benzene rings is 3. The number of carbonyl (C=O) groups excluding carboxylic acids is 1. The van der Waals surface area contributed by atoms with Crippen molar-refractivity contribution in [1.82, 2.24) is 0 Å². The van der Waals surface area contributed by atoms with Crippen LogP contribution in [0.2, 0.25) is 0 Å². The van der Waals surface area contributed by atoms with Gasteiger partial charge in [0.2, 0.25) is 0 Å². The van der Waals surface area contributed by atoms with Crippen LogP contribution in [0.3, 0.4) is 0 Å². The van der Waals surface area contributed by atoms with Gasteiger partial charge in [0.25, 0.3) is 0 Å². The van der Waals surface area contributed by atoms with Gasteiger partial charge in [-0.2, -0.15) is 26.3 Å². The molecular formula is C21H11BrF6O. The van der Waals surface area contributed by atoms with E-state index in [0.29, 0.717) is 23.1 Å². The Bertz CT molecular complexity index is 1110. The van der Waals surface area contributed by atoms with Gasteiger partial charge in [0.1, 0.15) is 0 Å². The number of hydrogen-bond acceptors (Lipinski definition) is 1. The van der Waals surface area contributed by atoms with Crippen molar-refractivity contribution in [1.29, 1.82) is 0 Å². The number of fused-ring (bicyclic) bond motifs is 1. The Hall–Kier alpha value is -2.61. The summed E-state index contributed by atoms with van der Waals surface area (Å²) in [6, 6.07) is 11.9. The summed E-state index contributed by atoms with van der Waals surface area (Å²) in [5.74, 6) is -0.484. The second-order valence-corrected chi connectivity index (χ2v) is 6.99. The molecule has 0 saturated carbocycles. The van der Waals surface area contributed by atoms with E-state index in [1.54, 1.807) is 36.4 Å². The molecule has 0 heterocycles. The van der Waals surface area contributed by atoms with Crippen LogP contribution < -0.4 is 0 Å². The number of rotatable bonds is 3. The monoisotopic (exact) mass is 472 g/mol. The van der Waals surface area contributed by atoms with Crippen LogP contribution >= 0.6 is 15.9 Å². The molecule has 29 heavy (non-hydrogen) atoms. The SMILES string of the molecule is O=C(/C=C\c1ccc(C(F)(F)F)c(C(F)(F)F)c1)c1ccc(Br)c2ccccc12. The fourth-order valence-corrected chi connectivity index (χ4v) is 3.36. The lowest BCUT2D eigenvalue weighted by atomic mass is 9.99. The predicted molar refractivity (Wildman–Crippen MR) is 101 cm³/mol. The van der Waals surface area contributed by atoms with E-state index < -0.39 is 29.3 Å². The third-order valence-corrected chi connectivity index (χ3v) is 4.91. The largest absolute Gasteiger partial charge is 0.417 e. The molecular weight excluding hydrogens is 462 g/mol. The number of carbonyl (C=O) groups is 1. The van der Waals surface area contributed by atoms with Crippen LogP contribution in [0, 0.1) is 0 Å². The number of halogens is 7. The van der Waals surface area contributed by atoms with Crippen molar-refractivity contribution in [2.24, 2.45) is 0 Å². The lowest BCUT2D eigenvalue weighted by Gasteiger charge is -2.15. The minimum absolute atomic E-state index is 0.167. The van der Waals surface area contributed by atoms with Gasteiger partial charge in [0.15, 0.2) is 5.78 Å². The number of allylic oxidation sites excluding steroid dienone is 1. The first kappa shape index (κ1) is 21.1. The zero-order valence-corrected chi connectivity index (χ0v) is 16.0. The molecule has 0 aromatic heterocycles. The van der Waals surface area contributed by atoms with Crippen LogP contribution in [-0.2, 0) is 12.4 Å². The molecule has 0 fully saturated rings. The van der Waals surface area contributed by atoms with Gasteiger partial charge in [-0.3, -0.25) is 4.79 Å². The van der Waals surface area contributed by atoms with Crippen LogP contribution in [0.5, 0.6) is 0 Å². The maximum absolute atomic E-state index is 13.0. The van der Waals surface area contributed by atoms with E-state index in [1.165, 1.54) is 0 Å². The fourth-order valence-electron chi connectivity index (χ4n) is 2.89. The Kier molecular flexibility index (Phi) is 5.58. The molecule has 0 atom stereocenters. The first-order valence-electron chi connectivity index (χ1n) is 8.16. The van der Waals surface area contributed by atoms with Gasteiger partial charge in [0.05, 0.1) is 11.1 Å². The topological polar surface area (TPSA) is 17.1 Å². The number of ketones is 1. The average Bonchev–Trinajstić information content (AvgIpc) is 2.65. The van der Waals surface area contributed by atoms with Crippen molar-refractivity contribution in [3.05, 3.63) is 87.4 Å².